The molecule has 0 atom stereocenters. The highest BCUT2D eigenvalue weighted by molar-refractivity contribution is 7.89. The Morgan fingerprint density at radius 1 is 1.15 bits per heavy atom. The number of nitrogens with two attached hydrogens (primary N) is 1. The summed E-state index contributed by atoms with van der Waals surface area (Å²) in [5, 5.41) is 5.19. The molecule has 20 heavy (non-hydrogen) atoms. The maximum absolute atomic E-state index is 11.5. The molecule has 0 aliphatic carbocycles. The van der Waals surface area contributed by atoms with E-state index in [9.17, 15) is 8.42 Å². The minimum Gasteiger partial charge on any atom is -0.491 e. The molecule has 0 aromatic heterocycles. The van der Waals surface area contributed by atoms with Crippen LogP contribution in [-0.2, 0) is 14.8 Å². The molecule has 5 nitrogen and oxygen atoms in total. The molecule has 0 spiro atoms. The third kappa shape index (κ3) is 5.11. The predicted octanol–water partition coefficient (Wildman–Crippen LogP) is 2.00. The van der Waals surface area contributed by atoms with E-state index in [2.05, 4.69) is 13.8 Å². The Hall–Kier alpha value is -1.11. The van der Waals surface area contributed by atoms with Crippen molar-refractivity contribution in [2.75, 3.05) is 19.8 Å². The smallest absolute Gasteiger partial charge is 0.238 e. The Kier molecular flexibility index (Phi) is 5.98. The molecule has 0 heterocycles. The Morgan fingerprint density at radius 3 is 2.15 bits per heavy atom. The van der Waals surface area contributed by atoms with Gasteiger partial charge < -0.3 is 9.47 Å². The van der Waals surface area contributed by atoms with E-state index in [1.165, 1.54) is 0 Å². The van der Waals surface area contributed by atoms with Crippen LogP contribution in [0.1, 0.15) is 25.0 Å². The molecular formula is C14H23NO4S. The molecule has 0 bridgehead atoms. The molecule has 1 aromatic rings. The van der Waals surface area contributed by atoms with E-state index < -0.39 is 10.0 Å². The highest BCUT2D eigenvalue weighted by Crippen LogP contribution is 2.24. The van der Waals surface area contributed by atoms with Gasteiger partial charge in [0.05, 0.1) is 11.5 Å². The highest BCUT2D eigenvalue weighted by atomic mass is 32.2. The molecule has 0 saturated heterocycles. The number of primary sulfonamides is 1. The maximum Gasteiger partial charge on any atom is 0.238 e. The van der Waals surface area contributed by atoms with Crippen LogP contribution in [0, 0.1) is 19.8 Å². The second-order valence-electron chi connectivity index (χ2n) is 5.25. The molecule has 0 unspecified atom stereocenters. The number of benzene rings is 1. The summed E-state index contributed by atoms with van der Waals surface area (Å²) in [5.74, 6) is 1.12. The van der Waals surface area contributed by atoms with Crippen molar-refractivity contribution in [2.24, 2.45) is 11.1 Å². The van der Waals surface area contributed by atoms with Gasteiger partial charge in [-0.15, -0.1) is 0 Å². The fraction of sp³-hybridized carbons (Fsp3) is 0.571. The van der Waals surface area contributed by atoms with Gasteiger partial charge >= 0.3 is 0 Å². The van der Waals surface area contributed by atoms with E-state index in [1.807, 2.05) is 0 Å². The summed E-state index contributed by atoms with van der Waals surface area (Å²) in [6, 6.07) is 3.35. The first kappa shape index (κ1) is 16.9. The van der Waals surface area contributed by atoms with E-state index in [4.69, 9.17) is 14.6 Å². The van der Waals surface area contributed by atoms with Gasteiger partial charge in [0.2, 0.25) is 10.0 Å². The quantitative estimate of drug-likeness (QED) is 0.781. The van der Waals surface area contributed by atoms with Crippen molar-refractivity contribution in [2.45, 2.75) is 32.6 Å². The predicted molar refractivity (Wildman–Crippen MR) is 78.4 cm³/mol. The van der Waals surface area contributed by atoms with Gasteiger partial charge in [0.25, 0.3) is 0 Å². The Labute approximate surface area is 121 Å². The van der Waals surface area contributed by atoms with Crippen LogP contribution in [0.25, 0.3) is 0 Å². The van der Waals surface area contributed by atoms with Gasteiger partial charge in [-0.25, -0.2) is 13.6 Å². The Bertz CT molecular complexity index is 529. The average molecular weight is 301 g/mol. The normalized spacial score (nSPS) is 11.9. The number of sulfonamides is 1. The van der Waals surface area contributed by atoms with Gasteiger partial charge in [0.1, 0.15) is 12.4 Å². The number of aryl methyl sites for hydroxylation is 2. The van der Waals surface area contributed by atoms with Crippen molar-refractivity contribution >= 4 is 10.0 Å². The Morgan fingerprint density at radius 2 is 1.70 bits per heavy atom. The molecule has 0 fully saturated rings. The SMILES string of the molecule is Cc1cc(OCCOCC(C)C)cc(C)c1S(N)(=O)=O. The first-order valence-electron chi connectivity index (χ1n) is 6.56. The molecule has 0 radical (unpaired) electrons. The fourth-order valence-electron chi connectivity index (χ4n) is 1.98. The van der Waals surface area contributed by atoms with Crippen molar-refractivity contribution in [1.29, 1.82) is 0 Å². The van der Waals surface area contributed by atoms with Crippen LogP contribution in [-0.4, -0.2) is 28.2 Å². The summed E-state index contributed by atoms with van der Waals surface area (Å²) in [6.07, 6.45) is 0. The lowest BCUT2D eigenvalue weighted by molar-refractivity contribution is 0.0818. The topological polar surface area (TPSA) is 78.6 Å². The van der Waals surface area contributed by atoms with Gasteiger partial charge in [0.15, 0.2) is 0 Å². The van der Waals surface area contributed by atoms with Crippen molar-refractivity contribution in [3.63, 3.8) is 0 Å². The van der Waals surface area contributed by atoms with E-state index in [0.29, 0.717) is 42.6 Å². The number of hydrogen-bond donors (Lipinski definition) is 1. The van der Waals surface area contributed by atoms with Gasteiger partial charge in [-0.1, -0.05) is 13.8 Å². The van der Waals surface area contributed by atoms with E-state index in [-0.39, 0.29) is 4.90 Å². The van der Waals surface area contributed by atoms with Gasteiger partial charge in [-0.2, -0.15) is 0 Å². The largest absolute Gasteiger partial charge is 0.491 e. The lowest BCUT2D eigenvalue weighted by Gasteiger charge is -2.12. The molecule has 0 aliphatic heterocycles. The minimum absolute atomic E-state index is 0.168. The minimum atomic E-state index is -3.70. The molecule has 0 amide bonds. The summed E-state index contributed by atoms with van der Waals surface area (Å²) < 4.78 is 33.9. The van der Waals surface area contributed by atoms with Crippen LogP contribution < -0.4 is 9.88 Å². The standard InChI is InChI=1S/C14H23NO4S/c1-10(2)9-18-5-6-19-13-7-11(3)14(12(4)8-13)20(15,16)17/h7-8,10H,5-6,9H2,1-4H3,(H2,15,16,17). The summed E-state index contributed by atoms with van der Waals surface area (Å²) in [5.41, 5.74) is 1.18. The third-order valence-corrected chi connectivity index (χ3v) is 3.88. The van der Waals surface area contributed by atoms with Gasteiger partial charge in [-0.3, -0.25) is 0 Å². The molecule has 0 aliphatic rings. The zero-order valence-electron chi connectivity index (χ0n) is 12.5. The van der Waals surface area contributed by atoms with Crippen LogP contribution in [0.4, 0.5) is 0 Å². The van der Waals surface area contributed by atoms with Crippen LogP contribution in [0.2, 0.25) is 0 Å². The third-order valence-electron chi connectivity index (χ3n) is 2.67. The zero-order valence-corrected chi connectivity index (χ0v) is 13.3. The molecule has 0 saturated carbocycles. The lowest BCUT2D eigenvalue weighted by atomic mass is 10.1. The van der Waals surface area contributed by atoms with Gasteiger partial charge in [0, 0.05) is 6.61 Å². The molecule has 114 valence electrons. The van der Waals surface area contributed by atoms with Crippen molar-refractivity contribution in [3.8, 4) is 5.75 Å². The Balaban J connectivity index is 2.66. The molecule has 1 rings (SSSR count). The average Bonchev–Trinajstić information content (AvgIpc) is 2.24. The van der Waals surface area contributed by atoms with Gasteiger partial charge in [-0.05, 0) is 43.0 Å². The second kappa shape index (κ2) is 7.06. The fourth-order valence-corrected chi connectivity index (χ4v) is 3.00. The number of ether oxygens (including phenoxy) is 2. The summed E-state index contributed by atoms with van der Waals surface area (Å²) in [4.78, 5) is 0.168. The summed E-state index contributed by atoms with van der Waals surface area (Å²) >= 11 is 0. The van der Waals surface area contributed by atoms with Crippen LogP contribution in [0.5, 0.6) is 5.75 Å². The van der Waals surface area contributed by atoms with Crippen LogP contribution >= 0.6 is 0 Å². The molecule has 6 heteroatoms. The second-order valence-corrected chi connectivity index (χ2v) is 6.75. The first-order valence-corrected chi connectivity index (χ1v) is 8.11. The van der Waals surface area contributed by atoms with Crippen molar-refractivity contribution in [1.82, 2.24) is 0 Å². The van der Waals surface area contributed by atoms with Crippen LogP contribution in [0.15, 0.2) is 17.0 Å². The molecule has 1 aromatic carbocycles. The van der Waals surface area contributed by atoms with Crippen LogP contribution in [0.3, 0.4) is 0 Å². The lowest BCUT2D eigenvalue weighted by Crippen LogP contribution is -2.16. The van der Waals surface area contributed by atoms with E-state index in [0.717, 1.165) is 0 Å². The van der Waals surface area contributed by atoms with Crippen molar-refractivity contribution in [3.05, 3.63) is 23.3 Å². The van der Waals surface area contributed by atoms with Crippen molar-refractivity contribution < 1.29 is 17.9 Å². The number of rotatable bonds is 7. The monoisotopic (exact) mass is 301 g/mol. The first-order chi connectivity index (χ1) is 9.21. The molecule has 2 N–H and O–H groups in total. The summed E-state index contributed by atoms with van der Waals surface area (Å²) in [7, 11) is -3.70. The highest BCUT2D eigenvalue weighted by Gasteiger charge is 2.16. The van der Waals surface area contributed by atoms with E-state index >= 15 is 0 Å². The maximum atomic E-state index is 11.5. The van der Waals surface area contributed by atoms with E-state index in [1.54, 1.807) is 26.0 Å². The number of hydrogen-bond acceptors (Lipinski definition) is 4. The summed E-state index contributed by atoms with van der Waals surface area (Å²) in [6.45, 7) is 9.21. The molecular weight excluding hydrogens is 278 g/mol. The zero-order chi connectivity index (χ0) is 15.3.